The van der Waals surface area contributed by atoms with Crippen molar-refractivity contribution in [3.8, 4) is 0 Å². The Morgan fingerprint density at radius 3 is 2.45 bits per heavy atom. The molecule has 5 nitrogen and oxygen atoms in total. The minimum Gasteiger partial charge on any atom is -0.330 e. The quantitative estimate of drug-likeness (QED) is 0.690. The van der Waals surface area contributed by atoms with Crippen molar-refractivity contribution >= 4 is 23.2 Å². The van der Waals surface area contributed by atoms with Crippen molar-refractivity contribution in [2.45, 2.75) is 46.5 Å². The molecule has 1 aromatic carbocycles. The molecule has 0 unspecified atom stereocenters. The van der Waals surface area contributed by atoms with E-state index < -0.39 is 0 Å². The van der Waals surface area contributed by atoms with E-state index in [0.717, 1.165) is 24.1 Å². The predicted molar refractivity (Wildman–Crippen MR) is 90.8 cm³/mol. The van der Waals surface area contributed by atoms with Crippen molar-refractivity contribution in [1.29, 1.82) is 0 Å². The van der Waals surface area contributed by atoms with E-state index in [2.05, 4.69) is 10.6 Å². The molecule has 0 bridgehead atoms. The van der Waals surface area contributed by atoms with Crippen molar-refractivity contribution in [3.05, 3.63) is 23.8 Å². The summed E-state index contributed by atoms with van der Waals surface area (Å²) in [6.07, 6.45) is 2.70. The van der Waals surface area contributed by atoms with Gasteiger partial charge in [-0.25, -0.2) is 0 Å². The van der Waals surface area contributed by atoms with Crippen LogP contribution in [-0.2, 0) is 9.59 Å². The largest absolute Gasteiger partial charge is 0.330 e. The second-order valence-corrected chi connectivity index (χ2v) is 5.47. The first-order valence-corrected chi connectivity index (χ1v) is 7.93. The molecule has 2 amide bonds. The standard InChI is InChI=1S/C17H27N3O2/c1-4-13(5-2)17(22)19-14-9-8-12(3)15(11-14)20-16(21)7-6-10-18/h8-9,11,13H,4-7,10,18H2,1-3H3,(H,19,22)(H,20,21). The number of carbonyl (C=O) groups excluding carboxylic acids is 2. The molecule has 4 N–H and O–H groups in total. The lowest BCUT2D eigenvalue weighted by Crippen LogP contribution is -2.22. The third kappa shape index (κ3) is 5.48. The Balaban J connectivity index is 2.77. The van der Waals surface area contributed by atoms with Crippen LogP contribution in [0.1, 0.15) is 45.1 Å². The molecule has 0 aliphatic carbocycles. The molecule has 122 valence electrons. The van der Waals surface area contributed by atoms with Gasteiger partial charge in [-0.2, -0.15) is 0 Å². The molecule has 0 atom stereocenters. The predicted octanol–water partition coefficient (Wildman–Crippen LogP) is 3.05. The fourth-order valence-electron chi connectivity index (χ4n) is 2.21. The normalized spacial score (nSPS) is 10.6. The Hall–Kier alpha value is -1.88. The Bertz CT molecular complexity index is 511. The number of nitrogens with one attached hydrogen (secondary N) is 2. The number of rotatable bonds is 8. The highest BCUT2D eigenvalue weighted by molar-refractivity contribution is 5.95. The molecule has 0 fully saturated rings. The zero-order valence-corrected chi connectivity index (χ0v) is 13.7. The lowest BCUT2D eigenvalue weighted by atomic mass is 10.0. The van der Waals surface area contributed by atoms with Crippen LogP contribution < -0.4 is 16.4 Å². The first-order chi connectivity index (χ1) is 10.5. The molecule has 0 saturated carbocycles. The van der Waals surface area contributed by atoms with Crippen LogP contribution in [0.3, 0.4) is 0 Å². The maximum absolute atomic E-state index is 12.1. The Kier molecular flexibility index (Phi) is 7.60. The third-order valence-electron chi connectivity index (χ3n) is 3.74. The molecule has 0 radical (unpaired) electrons. The number of aryl methyl sites for hydroxylation is 1. The summed E-state index contributed by atoms with van der Waals surface area (Å²) >= 11 is 0. The van der Waals surface area contributed by atoms with E-state index in [1.54, 1.807) is 6.07 Å². The first-order valence-electron chi connectivity index (χ1n) is 7.93. The monoisotopic (exact) mass is 305 g/mol. The first kappa shape index (κ1) is 18.2. The summed E-state index contributed by atoms with van der Waals surface area (Å²) in [7, 11) is 0. The average Bonchev–Trinajstić information content (AvgIpc) is 2.49. The third-order valence-corrected chi connectivity index (χ3v) is 3.74. The smallest absolute Gasteiger partial charge is 0.227 e. The molecule has 0 spiro atoms. The Labute approximate surface area is 132 Å². The molecule has 0 aliphatic rings. The summed E-state index contributed by atoms with van der Waals surface area (Å²) < 4.78 is 0. The SMILES string of the molecule is CCC(CC)C(=O)Nc1ccc(C)c(NC(=O)CCCN)c1. The molecule has 5 heteroatoms. The zero-order chi connectivity index (χ0) is 16.5. The second-order valence-electron chi connectivity index (χ2n) is 5.47. The van der Waals surface area contributed by atoms with E-state index in [1.807, 2.05) is 32.9 Å². The molecular weight excluding hydrogens is 278 g/mol. The van der Waals surface area contributed by atoms with Crippen LogP contribution in [0.25, 0.3) is 0 Å². The van der Waals surface area contributed by atoms with Gasteiger partial charge in [0.15, 0.2) is 0 Å². The number of hydrogen-bond acceptors (Lipinski definition) is 3. The van der Waals surface area contributed by atoms with E-state index in [4.69, 9.17) is 5.73 Å². The van der Waals surface area contributed by atoms with E-state index in [0.29, 0.717) is 25.1 Å². The zero-order valence-electron chi connectivity index (χ0n) is 13.7. The Morgan fingerprint density at radius 1 is 1.18 bits per heavy atom. The lowest BCUT2D eigenvalue weighted by molar-refractivity contribution is -0.120. The van der Waals surface area contributed by atoms with Gasteiger partial charge in [0.2, 0.25) is 11.8 Å². The van der Waals surface area contributed by atoms with Crippen LogP contribution in [0.2, 0.25) is 0 Å². The van der Waals surface area contributed by atoms with E-state index in [9.17, 15) is 9.59 Å². The van der Waals surface area contributed by atoms with Crippen LogP contribution in [0.15, 0.2) is 18.2 Å². The molecule has 0 heterocycles. The molecule has 0 aliphatic heterocycles. The topological polar surface area (TPSA) is 84.2 Å². The van der Waals surface area contributed by atoms with Crippen molar-refractivity contribution < 1.29 is 9.59 Å². The van der Waals surface area contributed by atoms with Gasteiger partial charge in [-0.1, -0.05) is 19.9 Å². The molecule has 0 saturated heterocycles. The minimum absolute atomic E-state index is 0.0175. The van der Waals surface area contributed by atoms with Crippen molar-refractivity contribution in [3.63, 3.8) is 0 Å². The van der Waals surface area contributed by atoms with E-state index in [-0.39, 0.29) is 17.7 Å². The van der Waals surface area contributed by atoms with E-state index >= 15 is 0 Å². The van der Waals surface area contributed by atoms with Crippen molar-refractivity contribution in [2.75, 3.05) is 17.2 Å². The number of carbonyl (C=O) groups is 2. The summed E-state index contributed by atoms with van der Waals surface area (Å²) in [6.45, 7) is 6.43. The minimum atomic E-state index is -0.0583. The summed E-state index contributed by atoms with van der Waals surface area (Å²) in [5.74, 6) is -0.0184. The van der Waals surface area contributed by atoms with Crippen molar-refractivity contribution in [1.82, 2.24) is 0 Å². The molecule has 1 aromatic rings. The summed E-state index contributed by atoms with van der Waals surface area (Å²) in [5, 5.41) is 5.79. The van der Waals surface area contributed by atoms with Gasteiger partial charge in [-0.05, 0) is 50.4 Å². The fraction of sp³-hybridized carbons (Fsp3) is 0.529. The van der Waals surface area contributed by atoms with Gasteiger partial charge in [0, 0.05) is 23.7 Å². The van der Waals surface area contributed by atoms with Gasteiger partial charge in [-0.3, -0.25) is 9.59 Å². The molecule has 1 rings (SSSR count). The molecular formula is C17H27N3O2. The van der Waals surface area contributed by atoms with Crippen LogP contribution in [-0.4, -0.2) is 18.4 Å². The number of amides is 2. The average molecular weight is 305 g/mol. The van der Waals surface area contributed by atoms with Gasteiger partial charge >= 0.3 is 0 Å². The number of anilines is 2. The van der Waals surface area contributed by atoms with Gasteiger partial charge in [0.1, 0.15) is 0 Å². The summed E-state index contributed by atoms with van der Waals surface area (Å²) in [4.78, 5) is 23.9. The van der Waals surface area contributed by atoms with Crippen LogP contribution in [0.5, 0.6) is 0 Å². The number of nitrogens with two attached hydrogens (primary N) is 1. The van der Waals surface area contributed by atoms with Gasteiger partial charge in [-0.15, -0.1) is 0 Å². The van der Waals surface area contributed by atoms with Gasteiger partial charge in [0.25, 0.3) is 0 Å². The second kappa shape index (κ2) is 9.20. The number of benzene rings is 1. The van der Waals surface area contributed by atoms with Crippen molar-refractivity contribution in [2.24, 2.45) is 11.7 Å². The van der Waals surface area contributed by atoms with Crippen LogP contribution in [0.4, 0.5) is 11.4 Å². The molecule has 0 aromatic heterocycles. The molecule has 22 heavy (non-hydrogen) atoms. The van der Waals surface area contributed by atoms with Crippen LogP contribution >= 0.6 is 0 Å². The van der Waals surface area contributed by atoms with Gasteiger partial charge < -0.3 is 16.4 Å². The highest BCUT2D eigenvalue weighted by Gasteiger charge is 2.14. The maximum atomic E-state index is 12.1. The lowest BCUT2D eigenvalue weighted by Gasteiger charge is -2.15. The van der Waals surface area contributed by atoms with Crippen LogP contribution in [0, 0.1) is 12.8 Å². The highest BCUT2D eigenvalue weighted by atomic mass is 16.2. The summed E-state index contributed by atoms with van der Waals surface area (Å²) in [5.41, 5.74) is 7.80. The Morgan fingerprint density at radius 2 is 1.86 bits per heavy atom. The number of hydrogen-bond donors (Lipinski definition) is 3. The highest BCUT2D eigenvalue weighted by Crippen LogP contribution is 2.22. The van der Waals surface area contributed by atoms with E-state index in [1.165, 1.54) is 0 Å². The summed E-state index contributed by atoms with van der Waals surface area (Å²) in [6, 6.07) is 5.54. The van der Waals surface area contributed by atoms with Gasteiger partial charge in [0.05, 0.1) is 0 Å². The fourth-order valence-corrected chi connectivity index (χ4v) is 2.21. The maximum Gasteiger partial charge on any atom is 0.227 e.